The molecular weight excluding hydrogens is 238 g/mol. The van der Waals surface area contributed by atoms with E-state index in [-0.39, 0.29) is 0 Å². The van der Waals surface area contributed by atoms with Crippen LogP contribution in [0.4, 0.5) is 0 Å². The SMILES string of the molecule is COCCCNCC(C)n1c(C)nc2ccccc21. The molecule has 2 aromatic rings. The number of nitrogens with one attached hydrogen (secondary N) is 1. The van der Waals surface area contributed by atoms with Gasteiger partial charge in [-0.2, -0.15) is 0 Å². The molecule has 0 aliphatic rings. The Balaban J connectivity index is 2.00. The maximum atomic E-state index is 5.04. The van der Waals surface area contributed by atoms with Crippen LogP contribution < -0.4 is 5.32 Å². The first-order chi connectivity index (χ1) is 9.24. The first kappa shape index (κ1) is 14.0. The summed E-state index contributed by atoms with van der Waals surface area (Å²) in [6, 6.07) is 8.70. The molecule has 0 fully saturated rings. The molecule has 1 unspecified atom stereocenters. The largest absolute Gasteiger partial charge is 0.385 e. The molecule has 1 heterocycles. The average Bonchev–Trinajstić information content (AvgIpc) is 2.74. The predicted molar refractivity (Wildman–Crippen MR) is 78.5 cm³/mol. The summed E-state index contributed by atoms with van der Waals surface area (Å²) in [4.78, 5) is 4.61. The fourth-order valence-corrected chi connectivity index (χ4v) is 2.47. The average molecular weight is 261 g/mol. The van der Waals surface area contributed by atoms with Crippen molar-refractivity contribution in [2.24, 2.45) is 0 Å². The Labute approximate surface area is 114 Å². The molecule has 0 aliphatic carbocycles. The summed E-state index contributed by atoms with van der Waals surface area (Å²) in [5.41, 5.74) is 2.29. The Morgan fingerprint density at radius 2 is 2.16 bits per heavy atom. The van der Waals surface area contributed by atoms with Gasteiger partial charge in [0, 0.05) is 26.3 Å². The number of hydrogen-bond donors (Lipinski definition) is 1. The Morgan fingerprint density at radius 3 is 2.95 bits per heavy atom. The highest BCUT2D eigenvalue weighted by atomic mass is 16.5. The molecule has 0 spiro atoms. The van der Waals surface area contributed by atoms with Crippen molar-refractivity contribution < 1.29 is 4.74 Å². The lowest BCUT2D eigenvalue weighted by Gasteiger charge is -2.17. The normalized spacial score (nSPS) is 13.0. The van der Waals surface area contributed by atoms with Gasteiger partial charge in [-0.15, -0.1) is 0 Å². The summed E-state index contributed by atoms with van der Waals surface area (Å²) in [5.74, 6) is 1.08. The van der Waals surface area contributed by atoms with Crippen molar-refractivity contribution in [1.82, 2.24) is 14.9 Å². The molecule has 0 saturated heterocycles. The summed E-state index contributed by atoms with van der Waals surface area (Å²) in [6.07, 6.45) is 1.05. The van der Waals surface area contributed by atoms with E-state index in [4.69, 9.17) is 4.74 Å². The van der Waals surface area contributed by atoms with E-state index in [0.717, 1.165) is 37.5 Å². The van der Waals surface area contributed by atoms with Crippen molar-refractivity contribution in [3.05, 3.63) is 30.1 Å². The van der Waals surface area contributed by atoms with Crippen molar-refractivity contribution in [2.45, 2.75) is 26.3 Å². The lowest BCUT2D eigenvalue weighted by Crippen LogP contribution is -2.25. The van der Waals surface area contributed by atoms with E-state index in [1.54, 1.807) is 7.11 Å². The van der Waals surface area contributed by atoms with Crippen LogP contribution in [0.5, 0.6) is 0 Å². The molecule has 1 aromatic carbocycles. The van der Waals surface area contributed by atoms with Crippen LogP contribution in [-0.2, 0) is 4.74 Å². The number of aryl methyl sites for hydroxylation is 1. The number of hydrogen-bond acceptors (Lipinski definition) is 3. The highest BCUT2D eigenvalue weighted by Crippen LogP contribution is 2.20. The summed E-state index contributed by atoms with van der Waals surface area (Å²) >= 11 is 0. The van der Waals surface area contributed by atoms with Gasteiger partial charge in [-0.3, -0.25) is 0 Å². The highest BCUT2D eigenvalue weighted by Gasteiger charge is 2.12. The number of imidazole rings is 1. The number of methoxy groups -OCH3 is 1. The smallest absolute Gasteiger partial charge is 0.107 e. The molecule has 0 amide bonds. The van der Waals surface area contributed by atoms with Crippen molar-refractivity contribution in [3.63, 3.8) is 0 Å². The molecule has 0 radical (unpaired) electrons. The maximum absolute atomic E-state index is 5.04. The molecule has 0 bridgehead atoms. The monoisotopic (exact) mass is 261 g/mol. The highest BCUT2D eigenvalue weighted by molar-refractivity contribution is 5.76. The van der Waals surface area contributed by atoms with Gasteiger partial charge < -0.3 is 14.6 Å². The lowest BCUT2D eigenvalue weighted by molar-refractivity contribution is 0.194. The summed E-state index contributed by atoms with van der Waals surface area (Å²) in [7, 11) is 1.74. The van der Waals surface area contributed by atoms with Gasteiger partial charge in [0.15, 0.2) is 0 Å². The van der Waals surface area contributed by atoms with Gasteiger partial charge in [-0.25, -0.2) is 4.98 Å². The minimum atomic E-state index is 0.398. The van der Waals surface area contributed by atoms with Gasteiger partial charge in [0.2, 0.25) is 0 Å². The van der Waals surface area contributed by atoms with Crippen molar-refractivity contribution >= 4 is 11.0 Å². The second-order valence-electron chi connectivity index (χ2n) is 4.92. The molecule has 1 atom stereocenters. The van der Waals surface area contributed by atoms with Gasteiger partial charge in [-0.05, 0) is 38.9 Å². The molecule has 1 aromatic heterocycles. The van der Waals surface area contributed by atoms with Crippen LogP contribution in [0, 0.1) is 6.92 Å². The topological polar surface area (TPSA) is 39.1 Å². The Morgan fingerprint density at radius 1 is 1.37 bits per heavy atom. The van der Waals surface area contributed by atoms with E-state index in [2.05, 4.69) is 46.9 Å². The number of benzene rings is 1. The second kappa shape index (κ2) is 6.68. The van der Waals surface area contributed by atoms with Crippen LogP contribution in [0.2, 0.25) is 0 Å². The third-order valence-electron chi connectivity index (χ3n) is 3.35. The number of para-hydroxylation sites is 2. The minimum absolute atomic E-state index is 0.398. The van der Waals surface area contributed by atoms with Crippen LogP contribution in [0.25, 0.3) is 11.0 Å². The number of aromatic nitrogens is 2. The minimum Gasteiger partial charge on any atom is -0.385 e. The zero-order valence-corrected chi connectivity index (χ0v) is 12.0. The van der Waals surface area contributed by atoms with Crippen LogP contribution >= 0.6 is 0 Å². The van der Waals surface area contributed by atoms with Gasteiger partial charge in [0.05, 0.1) is 11.0 Å². The standard InChI is InChI=1S/C15H23N3O/c1-12(11-16-9-6-10-19-3)18-13(2)17-14-7-4-5-8-15(14)18/h4-5,7-8,12,16H,6,9-11H2,1-3H3. The zero-order valence-electron chi connectivity index (χ0n) is 12.0. The van der Waals surface area contributed by atoms with Gasteiger partial charge >= 0.3 is 0 Å². The quantitative estimate of drug-likeness (QED) is 0.778. The number of rotatable bonds is 7. The molecule has 1 N–H and O–H groups in total. The van der Waals surface area contributed by atoms with E-state index in [1.165, 1.54) is 5.52 Å². The van der Waals surface area contributed by atoms with Gasteiger partial charge in [-0.1, -0.05) is 12.1 Å². The third kappa shape index (κ3) is 3.33. The fraction of sp³-hybridized carbons (Fsp3) is 0.533. The van der Waals surface area contributed by atoms with E-state index in [0.29, 0.717) is 6.04 Å². The third-order valence-corrected chi connectivity index (χ3v) is 3.35. The van der Waals surface area contributed by atoms with Crippen molar-refractivity contribution in [1.29, 1.82) is 0 Å². The Bertz CT molecular complexity index is 521. The zero-order chi connectivity index (χ0) is 13.7. The number of ether oxygens (including phenoxy) is 1. The first-order valence-corrected chi connectivity index (χ1v) is 6.87. The molecule has 104 valence electrons. The molecule has 4 nitrogen and oxygen atoms in total. The molecular formula is C15H23N3O. The molecule has 2 rings (SSSR count). The molecule has 0 aliphatic heterocycles. The van der Waals surface area contributed by atoms with E-state index < -0.39 is 0 Å². The van der Waals surface area contributed by atoms with Crippen LogP contribution in [-0.4, -0.2) is 36.4 Å². The predicted octanol–water partition coefficient (Wildman–Crippen LogP) is 2.53. The number of fused-ring (bicyclic) bond motifs is 1. The van der Waals surface area contributed by atoms with Crippen molar-refractivity contribution in [2.75, 3.05) is 26.8 Å². The summed E-state index contributed by atoms with van der Waals surface area (Å²) in [5, 5.41) is 3.47. The van der Waals surface area contributed by atoms with Gasteiger partial charge in [0.25, 0.3) is 0 Å². The van der Waals surface area contributed by atoms with Gasteiger partial charge in [0.1, 0.15) is 5.82 Å². The van der Waals surface area contributed by atoms with E-state index in [9.17, 15) is 0 Å². The second-order valence-corrected chi connectivity index (χ2v) is 4.92. The Hall–Kier alpha value is -1.39. The first-order valence-electron chi connectivity index (χ1n) is 6.87. The summed E-state index contributed by atoms with van der Waals surface area (Å²) in [6.45, 7) is 7.05. The summed E-state index contributed by atoms with van der Waals surface area (Å²) < 4.78 is 7.35. The van der Waals surface area contributed by atoms with Crippen LogP contribution in [0.15, 0.2) is 24.3 Å². The molecule has 19 heavy (non-hydrogen) atoms. The van der Waals surface area contributed by atoms with Crippen LogP contribution in [0.1, 0.15) is 25.2 Å². The number of nitrogens with zero attached hydrogens (tertiary/aromatic N) is 2. The Kier molecular flexibility index (Phi) is 4.93. The van der Waals surface area contributed by atoms with Crippen molar-refractivity contribution in [3.8, 4) is 0 Å². The van der Waals surface area contributed by atoms with Crippen LogP contribution in [0.3, 0.4) is 0 Å². The lowest BCUT2D eigenvalue weighted by atomic mass is 10.2. The maximum Gasteiger partial charge on any atom is 0.107 e. The van der Waals surface area contributed by atoms with E-state index in [1.807, 2.05) is 6.07 Å². The fourth-order valence-electron chi connectivity index (χ4n) is 2.47. The van der Waals surface area contributed by atoms with E-state index >= 15 is 0 Å². The molecule has 0 saturated carbocycles. The molecule has 4 heteroatoms.